The van der Waals surface area contributed by atoms with Crippen LogP contribution in [-0.4, -0.2) is 21.5 Å². The summed E-state index contributed by atoms with van der Waals surface area (Å²) in [5.74, 6) is 0.0347. The number of hydrogen-bond acceptors (Lipinski definition) is 4. The van der Waals surface area contributed by atoms with Crippen molar-refractivity contribution in [2.75, 3.05) is 10.6 Å². The molecular formula is C22H14F4N4O3. The summed E-state index contributed by atoms with van der Waals surface area (Å²) in [5, 5.41) is 4.47. The quantitative estimate of drug-likeness (QED) is 0.222. The highest BCUT2D eigenvalue weighted by molar-refractivity contribution is 6.04. The number of hydrogen-bond donors (Lipinski definition) is 2. The Kier molecular flexibility index (Phi) is 5.69. The normalized spacial score (nSPS) is 11.3. The van der Waals surface area contributed by atoms with Gasteiger partial charge in [0, 0.05) is 17.3 Å². The van der Waals surface area contributed by atoms with Crippen molar-refractivity contribution in [1.29, 1.82) is 0 Å². The molecule has 0 unspecified atom stereocenters. The van der Waals surface area contributed by atoms with Crippen LogP contribution in [0.5, 0.6) is 11.5 Å². The number of carbonyl (C=O) groups excluding carboxylic acids is 2. The zero-order valence-electron chi connectivity index (χ0n) is 16.6. The smallest absolute Gasteiger partial charge is 0.416 e. The van der Waals surface area contributed by atoms with E-state index >= 15 is 0 Å². The van der Waals surface area contributed by atoms with Gasteiger partial charge in [-0.25, -0.2) is 9.78 Å². The van der Waals surface area contributed by atoms with E-state index in [9.17, 15) is 27.2 Å². The number of halogens is 4. The van der Waals surface area contributed by atoms with Crippen molar-refractivity contribution in [2.24, 2.45) is 0 Å². The van der Waals surface area contributed by atoms with Gasteiger partial charge in [0.05, 0.1) is 18.0 Å². The summed E-state index contributed by atoms with van der Waals surface area (Å²) in [5.41, 5.74) is -0.311. The molecule has 0 fully saturated rings. The molecule has 0 aliphatic rings. The summed E-state index contributed by atoms with van der Waals surface area (Å²) >= 11 is 0. The van der Waals surface area contributed by atoms with Crippen molar-refractivity contribution in [3.8, 4) is 11.5 Å². The number of aromatic nitrogens is 2. The predicted octanol–water partition coefficient (Wildman–Crippen LogP) is 5.90. The molecule has 2 aromatic carbocycles. The van der Waals surface area contributed by atoms with Crippen LogP contribution in [0.2, 0.25) is 0 Å². The van der Waals surface area contributed by atoms with E-state index in [1.165, 1.54) is 22.7 Å². The lowest BCUT2D eigenvalue weighted by molar-refractivity contribution is -0.137. The highest BCUT2D eigenvalue weighted by atomic mass is 19.4. The predicted molar refractivity (Wildman–Crippen MR) is 111 cm³/mol. The molecule has 0 bridgehead atoms. The van der Waals surface area contributed by atoms with Crippen LogP contribution in [0.1, 0.15) is 15.9 Å². The van der Waals surface area contributed by atoms with Gasteiger partial charge in [0.1, 0.15) is 17.1 Å². The number of ether oxygens (including phenoxy) is 1. The van der Waals surface area contributed by atoms with Crippen LogP contribution in [0.4, 0.5) is 33.9 Å². The minimum absolute atomic E-state index is 0.0268. The average Bonchev–Trinajstić information content (AvgIpc) is 3.14. The fourth-order valence-corrected chi connectivity index (χ4v) is 3.01. The Hall–Kier alpha value is -4.41. The van der Waals surface area contributed by atoms with Gasteiger partial charge >= 0.3 is 12.3 Å². The maximum absolute atomic E-state index is 12.9. The number of rotatable bonds is 5. The summed E-state index contributed by atoms with van der Waals surface area (Å²) in [6.07, 6.45) is -3.35. The van der Waals surface area contributed by atoms with E-state index in [0.717, 1.165) is 18.2 Å². The first-order valence-corrected chi connectivity index (χ1v) is 9.39. The third kappa shape index (κ3) is 5.26. The van der Waals surface area contributed by atoms with Gasteiger partial charge in [-0.2, -0.15) is 13.2 Å². The van der Waals surface area contributed by atoms with Gasteiger partial charge in [0.25, 0.3) is 5.91 Å². The lowest BCUT2D eigenvalue weighted by Gasteiger charge is -2.11. The zero-order chi connectivity index (χ0) is 23.6. The number of alkyl halides is 3. The Labute approximate surface area is 183 Å². The van der Waals surface area contributed by atoms with Crippen LogP contribution in [0.15, 0.2) is 73.1 Å². The zero-order valence-corrected chi connectivity index (χ0v) is 16.6. The Morgan fingerprint density at radius 2 is 1.70 bits per heavy atom. The number of imidazole rings is 1. The first-order valence-electron chi connectivity index (χ1n) is 9.39. The molecule has 0 aliphatic heterocycles. The number of carbonyl (C=O) groups is 2. The molecule has 4 rings (SSSR count). The Morgan fingerprint density at radius 1 is 0.909 bits per heavy atom. The number of benzene rings is 2. The van der Waals surface area contributed by atoms with Crippen LogP contribution in [0.3, 0.4) is 0 Å². The summed E-state index contributed by atoms with van der Waals surface area (Å²) in [6, 6.07) is 13.6. The highest BCUT2D eigenvalue weighted by Gasteiger charge is 2.30. The minimum atomic E-state index is -4.56. The first kappa shape index (κ1) is 21.8. The molecule has 0 saturated carbocycles. The molecule has 11 heteroatoms. The van der Waals surface area contributed by atoms with Crippen molar-refractivity contribution in [3.63, 3.8) is 0 Å². The molecule has 33 heavy (non-hydrogen) atoms. The number of fused-ring (bicyclic) bond motifs is 1. The number of nitrogens with one attached hydrogen (secondary N) is 2. The number of anilines is 2. The molecule has 0 spiro atoms. The molecule has 2 aromatic heterocycles. The van der Waals surface area contributed by atoms with Gasteiger partial charge in [-0.15, -0.1) is 4.39 Å². The van der Waals surface area contributed by atoms with Gasteiger partial charge in [-0.05, 0) is 42.5 Å². The van der Waals surface area contributed by atoms with Gasteiger partial charge in [-0.1, -0.05) is 12.1 Å². The van der Waals surface area contributed by atoms with E-state index in [4.69, 9.17) is 4.74 Å². The SMILES string of the molecule is O=C(F)Nc1cn2cc(Oc3cccc(NC(=O)c4cccc(C(F)(F)F)c4)c3)ccc2n1. The summed E-state index contributed by atoms with van der Waals surface area (Å²) in [4.78, 5) is 26.9. The summed E-state index contributed by atoms with van der Waals surface area (Å²) in [6.45, 7) is 0. The van der Waals surface area contributed by atoms with Gasteiger partial charge in [0.15, 0.2) is 5.82 Å². The molecule has 0 radical (unpaired) electrons. The van der Waals surface area contributed by atoms with Gasteiger partial charge in [0.2, 0.25) is 0 Å². The molecule has 7 nitrogen and oxygen atoms in total. The molecular weight excluding hydrogens is 444 g/mol. The van der Waals surface area contributed by atoms with Crippen molar-refractivity contribution in [1.82, 2.24) is 9.38 Å². The van der Waals surface area contributed by atoms with Crippen LogP contribution < -0.4 is 15.4 Å². The lowest BCUT2D eigenvalue weighted by atomic mass is 10.1. The van der Waals surface area contributed by atoms with E-state index < -0.39 is 23.8 Å². The van der Waals surface area contributed by atoms with E-state index in [1.54, 1.807) is 36.5 Å². The van der Waals surface area contributed by atoms with Crippen LogP contribution >= 0.6 is 0 Å². The second kappa shape index (κ2) is 8.61. The second-order valence-corrected chi connectivity index (χ2v) is 6.82. The number of nitrogens with zero attached hydrogens (tertiary/aromatic N) is 2. The van der Waals surface area contributed by atoms with Crippen molar-refractivity contribution in [2.45, 2.75) is 6.18 Å². The van der Waals surface area contributed by atoms with Crippen LogP contribution in [0, 0.1) is 0 Å². The van der Waals surface area contributed by atoms with Crippen molar-refractivity contribution in [3.05, 3.63) is 84.2 Å². The van der Waals surface area contributed by atoms with Crippen molar-refractivity contribution >= 4 is 29.2 Å². The van der Waals surface area contributed by atoms with Gasteiger partial charge in [-0.3, -0.25) is 10.1 Å². The second-order valence-electron chi connectivity index (χ2n) is 6.82. The third-order valence-electron chi connectivity index (χ3n) is 4.43. The maximum Gasteiger partial charge on any atom is 0.416 e. The molecule has 2 N–H and O–H groups in total. The van der Waals surface area contributed by atoms with E-state index in [2.05, 4.69) is 10.3 Å². The summed E-state index contributed by atoms with van der Waals surface area (Å²) < 4.78 is 58.4. The molecule has 2 amide bonds. The van der Waals surface area contributed by atoms with E-state index in [0.29, 0.717) is 22.8 Å². The first-order chi connectivity index (χ1) is 15.7. The van der Waals surface area contributed by atoms with Crippen LogP contribution in [0.25, 0.3) is 5.65 Å². The van der Waals surface area contributed by atoms with E-state index in [-0.39, 0.29) is 11.4 Å². The molecule has 0 saturated heterocycles. The Morgan fingerprint density at radius 3 is 2.45 bits per heavy atom. The fourth-order valence-electron chi connectivity index (χ4n) is 3.01. The standard InChI is InChI=1S/C22H14F4N4O3/c23-21(32)29-18-12-30-11-17(7-8-19(30)28-18)33-16-6-2-5-15(10-16)27-20(31)13-3-1-4-14(9-13)22(24,25)26/h1-12H,(H,27,31)(H,29,32). The topological polar surface area (TPSA) is 84.7 Å². The largest absolute Gasteiger partial charge is 0.456 e. The minimum Gasteiger partial charge on any atom is -0.456 e. The highest BCUT2D eigenvalue weighted by Crippen LogP contribution is 2.30. The number of amides is 2. The molecule has 4 aromatic rings. The monoisotopic (exact) mass is 458 g/mol. The van der Waals surface area contributed by atoms with Crippen molar-refractivity contribution < 1.29 is 31.9 Å². The third-order valence-corrected chi connectivity index (χ3v) is 4.43. The lowest BCUT2D eigenvalue weighted by Crippen LogP contribution is -2.13. The fraction of sp³-hybridized carbons (Fsp3) is 0.0455. The number of pyridine rings is 1. The Balaban J connectivity index is 1.49. The average molecular weight is 458 g/mol. The molecule has 0 aliphatic carbocycles. The van der Waals surface area contributed by atoms with Gasteiger partial charge < -0.3 is 14.5 Å². The molecule has 2 heterocycles. The molecule has 0 atom stereocenters. The van der Waals surface area contributed by atoms with Crippen LogP contribution in [-0.2, 0) is 6.18 Å². The maximum atomic E-state index is 12.9. The summed E-state index contributed by atoms with van der Waals surface area (Å²) in [7, 11) is 0. The molecule has 168 valence electrons. The Bertz CT molecular complexity index is 1350. The van der Waals surface area contributed by atoms with E-state index in [1.807, 2.05) is 5.32 Å².